The zero-order valence-corrected chi connectivity index (χ0v) is 17.4. The lowest BCUT2D eigenvalue weighted by atomic mass is 9.74. The van der Waals surface area contributed by atoms with E-state index in [0.29, 0.717) is 0 Å². The summed E-state index contributed by atoms with van der Waals surface area (Å²) in [4.78, 5) is 0. The largest absolute Gasteiger partial charge is 0.457 e. The fourth-order valence-electron chi connectivity index (χ4n) is 3.54. The lowest BCUT2D eigenvalue weighted by Gasteiger charge is -2.34. The molecule has 0 saturated carbocycles. The van der Waals surface area contributed by atoms with E-state index < -0.39 is 11.6 Å². The third kappa shape index (κ3) is 4.61. The van der Waals surface area contributed by atoms with Crippen molar-refractivity contribution in [3.63, 3.8) is 0 Å². The first-order valence-electron chi connectivity index (χ1n) is 10.2. The van der Waals surface area contributed by atoms with Gasteiger partial charge in [0.05, 0.1) is 6.17 Å². The minimum Gasteiger partial charge on any atom is -0.457 e. The average Bonchev–Trinajstić information content (AvgIpc) is 2.81. The van der Waals surface area contributed by atoms with Crippen LogP contribution in [0.4, 0.5) is 0 Å². The van der Waals surface area contributed by atoms with Crippen LogP contribution in [-0.4, -0.2) is 6.17 Å². The van der Waals surface area contributed by atoms with Crippen molar-refractivity contribution in [2.24, 2.45) is 11.5 Å². The first kappa shape index (κ1) is 20.7. The molecule has 0 aromatic heterocycles. The standard InChI is InChI=1S/C27H26N2O2/c1-27(26(28)29,20-12-16-24(17-13-20)30-22-8-4-2-5-9-22)21-14-18-25(19-15-21)31-23-10-6-3-7-11-23/h2-19,26H,28-29H2,1H3. The molecule has 0 amide bonds. The summed E-state index contributed by atoms with van der Waals surface area (Å²) in [5.41, 5.74) is 14.0. The summed E-state index contributed by atoms with van der Waals surface area (Å²) in [6.45, 7) is 2.05. The van der Waals surface area contributed by atoms with E-state index in [-0.39, 0.29) is 0 Å². The lowest BCUT2D eigenvalue weighted by molar-refractivity contribution is 0.448. The van der Waals surface area contributed by atoms with Crippen LogP contribution in [0.15, 0.2) is 109 Å². The molecule has 0 aliphatic carbocycles. The van der Waals surface area contributed by atoms with Gasteiger partial charge in [0.1, 0.15) is 23.0 Å². The van der Waals surface area contributed by atoms with E-state index >= 15 is 0 Å². The van der Waals surface area contributed by atoms with Crippen LogP contribution in [0.1, 0.15) is 18.1 Å². The van der Waals surface area contributed by atoms with Crippen molar-refractivity contribution >= 4 is 0 Å². The molecule has 4 heteroatoms. The molecule has 0 bridgehead atoms. The molecule has 4 rings (SSSR count). The molecule has 0 atom stereocenters. The fourth-order valence-corrected chi connectivity index (χ4v) is 3.54. The third-order valence-corrected chi connectivity index (χ3v) is 5.53. The second kappa shape index (κ2) is 9.04. The highest BCUT2D eigenvalue weighted by Gasteiger charge is 2.33. The van der Waals surface area contributed by atoms with Gasteiger partial charge in [0, 0.05) is 5.41 Å². The van der Waals surface area contributed by atoms with Gasteiger partial charge in [0.15, 0.2) is 0 Å². The molecule has 0 aliphatic heterocycles. The van der Waals surface area contributed by atoms with Crippen LogP contribution >= 0.6 is 0 Å². The molecule has 31 heavy (non-hydrogen) atoms. The maximum Gasteiger partial charge on any atom is 0.127 e. The zero-order chi connectivity index (χ0) is 21.7. The predicted octanol–water partition coefficient (Wildman–Crippen LogP) is 5.82. The molecule has 4 aromatic rings. The monoisotopic (exact) mass is 410 g/mol. The zero-order valence-electron chi connectivity index (χ0n) is 17.4. The molecular weight excluding hydrogens is 384 g/mol. The SMILES string of the molecule is CC(c1ccc(Oc2ccccc2)cc1)(c1ccc(Oc2ccccc2)cc1)C(N)N. The molecule has 156 valence electrons. The van der Waals surface area contributed by atoms with Crippen LogP contribution in [0.5, 0.6) is 23.0 Å². The Kier molecular flexibility index (Phi) is 6.03. The van der Waals surface area contributed by atoms with Gasteiger partial charge in [-0.1, -0.05) is 60.7 Å². The van der Waals surface area contributed by atoms with Gasteiger partial charge < -0.3 is 20.9 Å². The molecule has 0 unspecified atom stereocenters. The Hall–Kier alpha value is -3.60. The highest BCUT2D eigenvalue weighted by Crippen LogP contribution is 2.36. The van der Waals surface area contributed by atoms with Crippen LogP contribution in [0.3, 0.4) is 0 Å². The molecule has 0 aliphatic rings. The minimum atomic E-state index is -0.589. The van der Waals surface area contributed by atoms with E-state index in [2.05, 4.69) is 6.92 Å². The van der Waals surface area contributed by atoms with Gasteiger partial charge in [0.2, 0.25) is 0 Å². The maximum absolute atomic E-state index is 6.27. The highest BCUT2D eigenvalue weighted by molar-refractivity contribution is 5.45. The summed E-state index contributed by atoms with van der Waals surface area (Å²) in [5.74, 6) is 3.11. The van der Waals surface area contributed by atoms with Crippen molar-refractivity contribution in [2.45, 2.75) is 18.5 Å². The van der Waals surface area contributed by atoms with Crippen LogP contribution in [0.25, 0.3) is 0 Å². The van der Waals surface area contributed by atoms with Gasteiger partial charge in [-0.3, -0.25) is 0 Å². The summed E-state index contributed by atoms with van der Waals surface area (Å²) in [7, 11) is 0. The van der Waals surface area contributed by atoms with E-state index in [0.717, 1.165) is 34.1 Å². The second-order valence-electron chi connectivity index (χ2n) is 7.61. The van der Waals surface area contributed by atoms with E-state index in [1.54, 1.807) is 0 Å². The van der Waals surface area contributed by atoms with Gasteiger partial charge in [-0.15, -0.1) is 0 Å². The van der Waals surface area contributed by atoms with Gasteiger partial charge in [0.25, 0.3) is 0 Å². The van der Waals surface area contributed by atoms with Gasteiger partial charge in [-0.05, 0) is 66.6 Å². The molecular formula is C27H26N2O2. The van der Waals surface area contributed by atoms with Crippen LogP contribution in [0, 0.1) is 0 Å². The lowest BCUT2D eigenvalue weighted by Crippen LogP contribution is -2.50. The van der Waals surface area contributed by atoms with E-state index in [1.165, 1.54) is 0 Å². The van der Waals surface area contributed by atoms with Crippen LogP contribution in [0.2, 0.25) is 0 Å². The van der Waals surface area contributed by atoms with E-state index in [4.69, 9.17) is 20.9 Å². The quantitative estimate of drug-likeness (QED) is 0.377. The predicted molar refractivity (Wildman–Crippen MR) is 125 cm³/mol. The first-order valence-corrected chi connectivity index (χ1v) is 10.2. The molecule has 0 heterocycles. The Bertz CT molecular complexity index is 1010. The minimum absolute atomic E-state index is 0.573. The second-order valence-corrected chi connectivity index (χ2v) is 7.61. The normalized spacial score (nSPS) is 11.4. The highest BCUT2D eigenvalue weighted by atomic mass is 16.5. The van der Waals surface area contributed by atoms with E-state index in [9.17, 15) is 0 Å². The number of hydrogen-bond acceptors (Lipinski definition) is 4. The van der Waals surface area contributed by atoms with Crippen molar-refractivity contribution in [3.8, 4) is 23.0 Å². The van der Waals surface area contributed by atoms with Gasteiger partial charge in [-0.2, -0.15) is 0 Å². The van der Waals surface area contributed by atoms with Crippen molar-refractivity contribution in [1.82, 2.24) is 0 Å². The maximum atomic E-state index is 6.27. The third-order valence-electron chi connectivity index (χ3n) is 5.53. The molecule has 0 saturated heterocycles. The number of hydrogen-bond donors (Lipinski definition) is 2. The average molecular weight is 411 g/mol. The topological polar surface area (TPSA) is 70.5 Å². The number of benzene rings is 4. The molecule has 0 spiro atoms. The Morgan fingerprint density at radius 3 is 1.16 bits per heavy atom. The van der Waals surface area contributed by atoms with Gasteiger partial charge >= 0.3 is 0 Å². The molecule has 0 radical (unpaired) electrons. The smallest absolute Gasteiger partial charge is 0.127 e. The molecule has 4 nitrogen and oxygen atoms in total. The van der Waals surface area contributed by atoms with Crippen LogP contribution < -0.4 is 20.9 Å². The Morgan fingerprint density at radius 1 is 0.516 bits per heavy atom. The number of nitrogens with two attached hydrogens (primary N) is 2. The van der Waals surface area contributed by atoms with E-state index in [1.807, 2.05) is 109 Å². The van der Waals surface area contributed by atoms with Crippen molar-refractivity contribution in [1.29, 1.82) is 0 Å². The van der Waals surface area contributed by atoms with Crippen molar-refractivity contribution in [3.05, 3.63) is 120 Å². The number of rotatable bonds is 7. The first-order chi connectivity index (χ1) is 15.1. The molecule has 0 fully saturated rings. The summed E-state index contributed by atoms with van der Waals surface area (Å²) in [6, 6.07) is 35.2. The van der Waals surface area contributed by atoms with Crippen molar-refractivity contribution in [2.75, 3.05) is 0 Å². The van der Waals surface area contributed by atoms with Gasteiger partial charge in [-0.25, -0.2) is 0 Å². The number of para-hydroxylation sites is 2. The summed E-state index contributed by atoms with van der Waals surface area (Å²) >= 11 is 0. The Labute approximate surface area is 183 Å². The Morgan fingerprint density at radius 2 is 0.839 bits per heavy atom. The fraction of sp³-hybridized carbons (Fsp3) is 0.111. The summed E-state index contributed by atoms with van der Waals surface area (Å²) in [5, 5.41) is 0. The molecule has 4 N–H and O–H groups in total. The summed E-state index contributed by atoms with van der Waals surface area (Å²) < 4.78 is 11.8. The van der Waals surface area contributed by atoms with Crippen molar-refractivity contribution < 1.29 is 9.47 Å². The van der Waals surface area contributed by atoms with Crippen LogP contribution in [-0.2, 0) is 5.41 Å². The number of ether oxygens (including phenoxy) is 2. The molecule has 4 aromatic carbocycles. The summed E-state index contributed by atoms with van der Waals surface area (Å²) in [6.07, 6.45) is -0.589. The Balaban J connectivity index is 1.56.